The van der Waals surface area contributed by atoms with Crippen LogP contribution in [0.3, 0.4) is 0 Å². The number of hydrogen-bond acceptors (Lipinski definition) is 1. The Morgan fingerprint density at radius 1 is 1.17 bits per heavy atom. The van der Waals surface area contributed by atoms with Crippen LogP contribution in [-0.4, -0.2) is 6.61 Å². The third-order valence-electron chi connectivity index (χ3n) is 2.96. The molecule has 0 amide bonds. The molecule has 0 fully saturated rings. The first-order valence-electron chi connectivity index (χ1n) is 5.95. The first kappa shape index (κ1) is 11.3. The van der Waals surface area contributed by atoms with Crippen LogP contribution >= 0.6 is 11.6 Å². The van der Waals surface area contributed by atoms with Crippen molar-refractivity contribution in [3.05, 3.63) is 53.7 Å². The first-order chi connectivity index (χ1) is 8.81. The Morgan fingerprint density at radius 2 is 2.06 bits per heavy atom. The lowest BCUT2D eigenvalue weighted by molar-refractivity contribution is -0.481. The van der Waals surface area contributed by atoms with Crippen LogP contribution < -0.4 is 9.14 Å². The minimum atomic E-state index is 0.643. The summed E-state index contributed by atoms with van der Waals surface area (Å²) >= 11 is 6.33. The van der Waals surface area contributed by atoms with Gasteiger partial charge in [0.05, 0.1) is 18.1 Å². The third kappa shape index (κ3) is 1.70. The average molecular weight is 259 g/mol. The van der Waals surface area contributed by atoms with Crippen molar-refractivity contribution >= 4 is 28.0 Å². The predicted octanol–water partition coefficient (Wildman–Crippen LogP) is 3.63. The maximum absolute atomic E-state index is 6.33. The lowest BCUT2D eigenvalue weighted by Crippen LogP contribution is -2.22. The fourth-order valence-electron chi connectivity index (χ4n) is 2.22. The highest BCUT2D eigenvalue weighted by atomic mass is 35.5. The molecule has 0 saturated heterocycles. The molecular weight excluding hydrogens is 246 g/mol. The van der Waals surface area contributed by atoms with Crippen LogP contribution in [0, 0.1) is 0 Å². The molecule has 0 aliphatic heterocycles. The van der Waals surface area contributed by atoms with Gasteiger partial charge in [0, 0.05) is 12.1 Å². The monoisotopic (exact) mass is 258 g/mol. The molecule has 18 heavy (non-hydrogen) atoms. The quantitative estimate of drug-likeness (QED) is 0.505. The molecule has 90 valence electrons. The van der Waals surface area contributed by atoms with Crippen LogP contribution in [0.1, 0.15) is 6.92 Å². The molecule has 0 saturated carbocycles. The molecule has 0 unspecified atom stereocenters. The van der Waals surface area contributed by atoms with E-state index in [-0.39, 0.29) is 0 Å². The zero-order chi connectivity index (χ0) is 12.5. The molecule has 0 atom stereocenters. The van der Waals surface area contributed by atoms with Crippen molar-refractivity contribution in [3.63, 3.8) is 0 Å². The normalized spacial score (nSPS) is 11.0. The number of rotatable bonds is 2. The van der Waals surface area contributed by atoms with Gasteiger partial charge in [0.1, 0.15) is 10.8 Å². The van der Waals surface area contributed by atoms with E-state index in [1.807, 2.05) is 55.6 Å². The van der Waals surface area contributed by atoms with Gasteiger partial charge in [-0.25, -0.2) is 0 Å². The summed E-state index contributed by atoms with van der Waals surface area (Å²) in [5, 5.41) is 1.77. The Hall–Kier alpha value is -1.80. The summed E-state index contributed by atoms with van der Waals surface area (Å²) in [5.74, 6) is 0.876. The summed E-state index contributed by atoms with van der Waals surface area (Å²) in [6.45, 7) is 2.63. The van der Waals surface area contributed by atoms with E-state index in [2.05, 4.69) is 4.40 Å². The molecular formula is C15H13ClNO+. The summed E-state index contributed by atoms with van der Waals surface area (Å²) in [6, 6.07) is 14.0. The Labute approximate surface area is 110 Å². The van der Waals surface area contributed by atoms with Gasteiger partial charge in [0.25, 0.3) is 0 Å². The molecule has 2 heterocycles. The van der Waals surface area contributed by atoms with Crippen molar-refractivity contribution in [1.29, 1.82) is 0 Å². The topological polar surface area (TPSA) is 13.3 Å². The summed E-state index contributed by atoms with van der Waals surface area (Å²) < 4.78 is 7.79. The molecule has 3 rings (SSSR count). The fourth-order valence-corrected chi connectivity index (χ4v) is 2.49. The lowest BCUT2D eigenvalue weighted by Gasteiger charge is -2.07. The van der Waals surface area contributed by atoms with Crippen molar-refractivity contribution in [2.24, 2.45) is 0 Å². The van der Waals surface area contributed by atoms with Crippen molar-refractivity contribution in [3.8, 4) is 5.75 Å². The van der Waals surface area contributed by atoms with Crippen molar-refractivity contribution in [1.82, 2.24) is 0 Å². The number of halogens is 1. The van der Waals surface area contributed by atoms with Crippen LogP contribution in [0.5, 0.6) is 5.75 Å². The van der Waals surface area contributed by atoms with E-state index in [0.717, 1.165) is 27.2 Å². The summed E-state index contributed by atoms with van der Waals surface area (Å²) in [7, 11) is 0. The van der Waals surface area contributed by atoms with Crippen LogP contribution in [0.2, 0.25) is 5.02 Å². The second-order valence-corrected chi connectivity index (χ2v) is 4.48. The van der Waals surface area contributed by atoms with Crippen LogP contribution in [0.4, 0.5) is 0 Å². The smallest absolute Gasteiger partial charge is 0.240 e. The zero-order valence-corrected chi connectivity index (χ0v) is 10.8. The third-order valence-corrected chi connectivity index (χ3v) is 3.27. The van der Waals surface area contributed by atoms with Gasteiger partial charge in [-0.3, -0.25) is 0 Å². The van der Waals surface area contributed by atoms with E-state index >= 15 is 0 Å². The molecule has 0 aliphatic rings. The van der Waals surface area contributed by atoms with Gasteiger partial charge in [-0.2, -0.15) is 4.40 Å². The minimum Gasteiger partial charge on any atom is -0.493 e. The number of pyridine rings is 2. The molecule has 1 aromatic carbocycles. The Balaban J connectivity index is 2.51. The van der Waals surface area contributed by atoms with E-state index < -0.39 is 0 Å². The Kier molecular flexibility index (Phi) is 2.80. The molecule has 2 nitrogen and oxygen atoms in total. The van der Waals surface area contributed by atoms with E-state index in [1.54, 1.807) is 0 Å². The highest BCUT2D eigenvalue weighted by Gasteiger charge is 2.16. The summed E-state index contributed by atoms with van der Waals surface area (Å²) in [6.07, 6.45) is 2.01. The van der Waals surface area contributed by atoms with Crippen LogP contribution in [0.15, 0.2) is 48.7 Å². The highest BCUT2D eigenvalue weighted by molar-refractivity contribution is 6.34. The fraction of sp³-hybridized carbons (Fsp3) is 0.133. The van der Waals surface area contributed by atoms with Gasteiger partial charge >= 0.3 is 0 Å². The van der Waals surface area contributed by atoms with Gasteiger partial charge in [0.15, 0.2) is 6.20 Å². The maximum atomic E-state index is 6.33. The largest absolute Gasteiger partial charge is 0.493 e. The molecule has 3 heteroatoms. The van der Waals surface area contributed by atoms with Gasteiger partial charge in [0.2, 0.25) is 11.0 Å². The second kappa shape index (κ2) is 4.46. The van der Waals surface area contributed by atoms with Crippen molar-refractivity contribution in [2.75, 3.05) is 6.61 Å². The lowest BCUT2D eigenvalue weighted by atomic mass is 10.1. The van der Waals surface area contributed by atoms with Crippen molar-refractivity contribution < 1.29 is 9.14 Å². The molecule has 3 aromatic rings. The average Bonchev–Trinajstić information content (AvgIpc) is 2.39. The standard InChI is InChI=1S/C15H13ClNO/c1-2-18-14-10-11-6-3-4-9-17(11)15-12(14)7-5-8-13(15)16/h3-10H,2H2,1H3/q+1. The number of fused-ring (bicyclic) bond motifs is 3. The zero-order valence-electron chi connectivity index (χ0n) is 10.1. The van der Waals surface area contributed by atoms with E-state index in [4.69, 9.17) is 16.3 Å². The summed E-state index contributed by atoms with van der Waals surface area (Å²) in [4.78, 5) is 0. The van der Waals surface area contributed by atoms with Gasteiger partial charge in [-0.1, -0.05) is 17.7 Å². The molecule has 0 bridgehead atoms. The SMILES string of the molecule is CCOc1cc2cccc[n+]2c2c(Cl)cccc12. The molecule has 0 aliphatic carbocycles. The van der Waals surface area contributed by atoms with Gasteiger partial charge in [-0.15, -0.1) is 0 Å². The molecule has 0 N–H and O–H groups in total. The number of nitrogens with zero attached hydrogens (tertiary/aromatic N) is 1. The first-order valence-corrected chi connectivity index (χ1v) is 6.33. The number of ether oxygens (including phenoxy) is 1. The van der Waals surface area contributed by atoms with Crippen LogP contribution in [-0.2, 0) is 0 Å². The summed E-state index contributed by atoms with van der Waals surface area (Å²) in [5.41, 5.74) is 2.06. The maximum Gasteiger partial charge on any atom is 0.240 e. The predicted molar refractivity (Wildman–Crippen MR) is 73.3 cm³/mol. The minimum absolute atomic E-state index is 0.643. The van der Waals surface area contributed by atoms with E-state index in [0.29, 0.717) is 6.61 Å². The molecule has 0 spiro atoms. The Bertz CT molecular complexity index is 724. The van der Waals surface area contributed by atoms with Crippen LogP contribution in [0.25, 0.3) is 16.4 Å². The van der Waals surface area contributed by atoms with Gasteiger partial charge < -0.3 is 4.74 Å². The number of aromatic nitrogens is 1. The second-order valence-electron chi connectivity index (χ2n) is 4.07. The molecule has 0 radical (unpaired) electrons. The van der Waals surface area contributed by atoms with Gasteiger partial charge in [-0.05, 0) is 25.1 Å². The van der Waals surface area contributed by atoms with E-state index in [1.165, 1.54) is 0 Å². The molecule has 2 aromatic heterocycles. The van der Waals surface area contributed by atoms with E-state index in [9.17, 15) is 0 Å². The van der Waals surface area contributed by atoms with Crippen molar-refractivity contribution in [2.45, 2.75) is 6.92 Å². The Morgan fingerprint density at radius 3 is 2.89 bits per heavy atom. The number of benzene rings is 1. The number of para-hydroxylation sites is 1. The number of hydrogen-bond donors (Lipinski definition) is 0. The highest BCUT2D eigenvalue weighted by Crippen LogP contribution is 2.29.